The van der Waals surface area contributed by atoms with Crippen molar-refractivity contribution in [3.05, 3.63) is 59.9 Å². The van der Waals surface area contributed by atoms with Gasteiger partial charge in [-0.3, -0.25) is 0 Å². The molecule has 25 heavy (non-hydrogen) atoms. The van der Waals surface area contributed by atoms with Crippen LogP contribution in [0.4, 0.5) is 11.8 Å². The first-order valence-electron chi connectivity index (χ1n) is 8.19. The van der Waals surface area contributed by atoms with Crippen molar-refractivity contribution in [3.8, 4) is 5.82 Å². The van der Waals surface area contributed by atoms with Crippen molar-refractivity contribution in [2.24, 2.45) is 5.92 Å². The zero-order valence-electron chi connectivity index (χ0n) is 14.1. The first kappa shape index (κ1) is 16.9. The number of nitrogen functional groups attached to an aromatic ring is 1. The van der Waals surface area contributed by atoms with Crippen LogP contribution in [0.1, 0.15) is 11.1 Å². The molecule has 1 unspecified atom stereocenters. The van der Waals surface area contributed by atoms with Crippen molar-refractivity contribution in [3.63, 3.8) is 0 Å². The maximum Gasteiger partial charge on any atom is 0.224 e. The predicted molar refractivity (Wildman–Crippen MR) is 97.5 cm³/mol. The third-order valence-corrected chi connectivity index (χ3v) is 3.94. The fourth-order valence-electron chi connectivity index (χ4n) is 2.57. The lowest BCUT2D eigenvalue weighted by Crippen LogP contribution is -2.21. The van der Waals surface area contributed by atoms with Crippen molar-refractivity contribution in [2.45, 2.75) is 13.3 Å². The molecule has 2 heterocycles. The van der Waals surface area contributed by atoms with Gasteiger partial charge in [0.15, 0.2) is 5.82 Å². The van der Waals surface area contributed by atoms with Crippen molar-refractivity contribution in [1.82, 2.24) is 19.7 Å². The lowest BCUT2D eigenvalue weighted by molar-refractivity contribution is 0.232. The second-order valence-corrected chi connectivity index (χ2v) is 6.04. The Hall–Kier alpha value is -2.93. The van der Waals surface area contributed by atoms with Crippen molar-refractivity contribution < 1.29 is 5.11 Å². The molecule has 0 aliphatic rings. The van der Waals surface area contributed by atoms with Crippen LogP contribution in [0, 0.1) is 12.8 Å². The Kier molecular flexibility index (Phi) is 5.25. The Morgan fingerprint density at radius 3 is 2.72 bits per heavy atom. The zero-order chi connectivity index (χ0) is 17.6. The number of hydrogen-bond acceptors (Lipinski definition) is 6. The lowest BCUT2D eigenvalue weighted by atomic mass is 9.99. The third-order valence-electron chi connectivity index (χ3n) is 3.94. The Bertz CT molecular complexity index is 801. The summed E-state index contributed by atoms with van der Waals surface area (Å²) in [5.41, 5.74) is 8.22. The van der Waals surface area contributed by atoms with Crippen LogP contribution < -0.4 is 11.1 Å². The minimum absolute atomic E-state index is 0.0760. The van der Waals surface area contributed by atoms with E-state index < -0.39 is 0 Å². The summed E-state index contributed by atoms with van der Waals surface area (Å²) in [5.74, 6) is 1.46. The zero-order valence-corrected chi connectivity index (χ0v) is 14.1. The molecule has 0 aliphatic heterocycles. The summed E-state index contributed by atoms with van der Waals surface area (Å²) in [6.07, 6.45) is 4.25. The SMILES string of the molecule is Cc1ccc(CC(CO)CNc2cc(-n3cccn3)nc(N)n2)cc1. The van der Waals surface area contributed by atoms with Gasteiger partial charge < -0.3 is 16.2 Å². The van der Waals surface area contributed by atoms with E-state index in [-0.39, 0.29) is 18.5 Å². The number of benzene rings is 1. The van der Waals surface area contributed by atoms with Gasteiger partial charge in [-0.2, -0.15) is 15.1 Å². The average Bonchev–Trinajstić information content (AvgIpc) is 3.14. The van der Waals surface area contributed by atoms with E-state index in [1.807, 2.05) is 6.07 Å². The van der Waals surface area contributed by atoms with Gasteiger partial charge in [-0.05, 0) is 25.0 Å². The van der Waals surface area contributed by atoms with E-state index in [0.717, 1.165) is 6.42 Å². The molecule has 7 heteroatoms. The molecular formula is C18H22N6O. The highest BCUT2D eigenvalue weighted by atomic mass is 16.3. The van der Waals surface area contributed by atoms with Crippen LogP contribution in [-0.4, -0.2) is 38.0 Å². The second-order valence-electron chi connectivity index (χ2n) is 6.04. The second kappa shape index (κ2) is 7.76. The third kappa shape index (κ3) is 4.54. The van der Waals surface area contributed by atoms with E-state index in [0.29, 0.717) is 18.2 Å². The molecule has 3 aromatic rings. The number of aliphatic hydroxyl groups is 1. The maximum atomic E-state index is 9.67. The van der Waals surface area contributed by atoms with E-state index in [4.69, 9.17) is 5.73 Å². The first-order chi connectivity index (χ1) is 12.1. The molecule has 0 radical (unpaired) electrons. The summed E-state index contributed by atoms with van der Waals surface area (Å²) >= 11 is 0. The summed E-state index contributed by atoms with van der Waals surface area (Å²) in [5, 5.41) is 17.1. The summed E-state index contributed by atoms with van der Waals surface area (Å²) < 4.78 is 1.62. The average molecular weight is 338 g/mol. The number of aromatic nitrogens is 4. The van der Waals surface area contributed by atoms with Crippen molar-refractivity contribution >= 4 is 11.8 Å². The minimum atomic E-state index is 0.0760. The molecule has 4 N–H and O–H groups in total. The normalized spacial score (nSPS) is 12.1. The highest BCUT2D eigenvalue weighted by molar-refractivity contribution is 5.45. The summed E-state index contributed by atoms with van der Waals surface area (Å²) in [7, 11) is 0. The van der Waals surface area contributed by atoms with Crippen LogP contribution in [0.3, 0.4) is 0 Å². The van der Waals surface area contributed by atoms with Gasteiger partial charge in [-0.15, -0.1) is 0 Å². The van der Waals surface area contributed by atoms with Crippen LogP contribution in [0.25, 0.3) is 5.82 Å². The molecule has 3 rings (SSSR count). The van der Waals surface area contributed by atoms with Gasteiger partial charge in [-0.25, -0.2) is 4.68 Å². The van der Waals surface area contributed by atoms with Crippen LogP contribution in [0.2, 0.25) is 0 Å². The van der Waals surface area contributed by atoms with Gasteiger partial charge in [-0.1, -0.05) is 29.8 Å². The molecule has 0 aliphatic carbocycles. The molecule has 1 atom stereocenters. The molecule has 7 nitrogen and oxygen atoms in total. The molecule has 0 fully saturated rings. The van der Waals surface area contributed by atoms with Gasteiger partial charge in [0, 0.05) is 37.5 Å². The molecule has 1 aromatic carbocycles. The Morgan fingerprint density at radius 1 is 1.24 bits per heavy atom. The fraction of sp³-hybridized carbons (Fsp3) is 0.278. The van der Waals surface area contributed by atoms with E-state index in [9.17, 15) is 5.11 Å². The topological polar surface area (TPSA) is 102 Å². The molecular weight excluding hydrogens is 316 g/mol. The largest absolute Gasteiger partial charge is 0.396 e. The van der Waals surface area contributed by atoms with Crippen LogP contribution >= 0.6 is 0 Å². The lowest BCUT2D eigenvalue weighted by Gasteiger charge is -2.16. The Balaban J connectivity index is 1.66. The van der Waals surface area contributed by atoms with Crippen molar-refractivity contribution in [2.75, 3.05) is 24.2 Å². The molecule has 0 spiro atoms. The number of nitrogens with one attached hydrogen (secondary N) is 1. The number of rotatable bonds is 7. The Labute approximate surface area is 146 Å². The van der Waals surface area contributed by atoms with E-state index >= 15 is 0 Å². The summed E-state index contributed by atoms with van der Waals surface area (Å²) in [6, 6.07) is 11.9. The van der Waals surface area contributed by atoms with Gasteiger partial charge in [0.1, 0.15) is 5.82 Å². The number of anilines is 2. The molecule has 2 aromatic heterocycles. The van der Waals surface area contributed by atoms with Crippen LogP contribution in [0.15, 0.2) is 48.8 Å². The monoisotopic (exact) mass is 338 g/mol. The van der Waals surface area contributed by atoms with E-state index in [1.54, 1.807) is 23.1 Å². The number of aliphatic hydroxyl groups excluding tert-OH is 1. The highest BCUT2D eigenvalue weighted by Crippen LogP contribution is 2.14. The summed E-state index contributed by atoms with van der Waals surface area (Å²) in [6.45, 7) is 2.73. The standard InChI is InChI=1S/C18H22N6O/c1-13-3-5-14(6-4-13)9-15(12-25)11-20-16-10-17(23-18(19)22-16)24-8-2-7-21-24/h2-8,10,15,25H,9,11-12H2,1H3,(H3,19,20,22,23). The van der Waals surface area contributed by atoms with Crippen LogP contribution in [0.5, 0.6) is 0 Å². The fourth-order valence-corrected chi connectivity index (χ4v) is 2.57. The van der Waals surface area contributed by atoms with E-state index in [2.05, 4.69) is 51.6 Å². The number of nitrogens with zero attached hydrogens (tertiary/aromatic N) is 4. The van der Waals surface area contributed by atoms with Crippen molar-refractivity contribution in [1.29, 1.82) is 0 Å². The molecule has 0 saturated carbocycles. The van der Waals surface area contributed by atoms with Gasteiger partial charge >= 0.3 is 0 Å². The first-order valence-corrected chi connectivity index (χ1v) is 8.19. The quantitative estimate of drug-likeness (QED) is 0.607. The number of aryl methyl sites for hydroxylation is 1. The number of hydrogen-bond donors (Lipinski definition) is 3. The molecule has 0 amide bonds. The molecule has 0 bridgehead atoms. The highest BCUT2D eigenvalue weighted by Gasteiger charge is 2.11. The predicted octanol–water partition coefficient (Wildman–Crippen LogP) is 1.82. The smallest absolute Gasteiger partial charge is 0.224 e. The minimum Gasteiger partial charge on any atom is -0.396 e. The van der Waals surface area contributed by atoms with Gasteiger partial charge in [0.05, 0.1) is 0 Å². The van der Waals surface area contributed by atoms with E-state index in [1.165, 1.54) is 11.1 Å². The van der Waals surface area contributed by atoms with Crippen LogP contribution in [-0.2, 0) is 6.42 Å². The molecule has 130 valence electrons. The summed E-state index contributed by atoms with van der Waals surface area (Å²) in [4.78, 5) is 8.38. The van der Waals surface area contributed by atoms with Gasteiger partial charge in [0.2, 0.25) is 5.95 Å². The maximum absolute atomic E-state index is 9.67. The molecule has 0 saturated heterocycles. The Morgan fingerprint density at radius 2 is 2.04 bits per heavy atom. The number of nitrogens with two attached hydrogens (primary N) is 1. The van der Waals surface area contributed by atoms with Gasteiger partial charge in [0.25, 0.3) is 0 Å².